The topological polar surface area (TPSA) is 51.3 Å². The van der Waals surface area contributed by atoms with Crippen molar-refractivity contribution in [3.63, 3.8) is 0 Å². The molecule has 1 aromatic heterocycles. The van der Waals surface area contributed by atoms with Crippen LogP contribution in [-0.2, 0) is 4.74 Å². The second kappa shape index (κ2) is 5.91. The van der Waals surface area contributed by atoms with E-state index in [9.17, 15) is 4.79 Å². The molecule has 6 heteroatoms. The van der Waals surface area contributed by atoms with Gasteiger partial charge in [0.2, 0.25) is 0 Å². The standard InChI is InChI=1S/C16H11Cl2NO3/c1-21-16(20)13-8-10-12(19-13)6-9(17)7-15(10)22-14-5-3-2-4-11(14)18/h2-8,19H,1H3. The van der Waals surface area contributed by atoms with Gasteiger partial charge in [-0.3, -0.25) is 0 Å². The van der Waals surface area contributed by atoms with E-state index in [1.807, 2.05) is 12.1 Å². The van der Waals surface area contributed by atoms with Crippen molar-refractivity contribution in [3.05, 3.63) is 58.2 Å². The molecule has 0 radical (unpaired) electrons. The lowest BCUT2D eigenvalue weighted by Crippen LogP contribution is -2.00. The minimum Gasteiger partial charge on any atom is -0.464 e. The first-order chi connectivity index (χ1) is 10.6. The minimum absolute atomic E-state index is 0.323. The Labute approximate surface area is 136 Å². The molecular weight excluding hydrogens is 325 g/mol. The fourth-order valence-corrected chi connectivity index (χ4v) is 2.50. The van der Waals surface area contributed by atoms with Gasteiger partial charge in [0.25, 0.3) is 0 Å². The van der Waals surface area contributed by atoms with Crippen molar-refractivity contribution in [2.24, 2.45) is 0 Å². The van der Waals surface area contributed by atoms with Crippen LogP contribution in [0.1, 0.15) is 10.5 Å². The van der Waals surface area contributed by atoms with Gasteiger partial charge in [0.15, 0.2) is 0 Å². The zero-order chi connectivity index (χ0) is 15.7. The Morgan fingerprint density at radius 1 is 1.09 bits per heavy atom. The number of aromatic amines is 1. The van der Waals surface area contributed by atoms with E-state index >= 15 is 0 Å². The van der Waals surface area contributed by atoms with Crippen LogP contribution >= 0.6 is 23.2 Å². The highest BCUT2D eigenvalue weighted by Gasteiger charge is 2.14. The monoisotopic (exact) mass is 335 g/mol. The van der Waals surface area contributed by atoms with Crippen LogP contribution in [0.5, 0.6) is 11.5 Å². The molecule has 3 aromatic rings. The van der Waals surface area contributed by atoms with Crippen molar-refractivity contribution >= 4 is 40.1 Å². The number of methoxy groups -OCH3 is 1. The second-order valence-electron chi connectivity index (χ2n) is 4.57. The number of esters is 1. The number of carbonyl (C=O) groups excluding carboxylic acids is 1. The van der Waals surface area contributed by atoms with Crippen LogP contribution in [-0.4, -0.2) is 18.1 Å². The Hall–Kier alpha value is -2.17. The zero-order valence-corrected chi connectivity index (χ0v) is 13.0. The van der Waals surface area contributed by atoms with Gasteiger partial charge in [-0.15, -0.1) is 0 Å². The number of halogens is 2. The number of H-pyrrole nitrogens is 1. The maximum atomic E-state index is 11.6. The summed E-state index contributed by atoms with van der Waals surface area (Å²) < 4.78 is 10.5. The smallest absolute Gasteiger partial charge is 0.354 e. The third-order valence-corrected chi connectivity index (χ3v) is 3.66. The summed E-state index contributed by atoms with van der Waals surface area (Å²) in [6.45, 7) is 0. The lowest BCUT2D eigenvalue weighted by atomic mass is 10.2. The molecule has 0 atom stereocenters. The molecule has 112 valence electrons. The average Bonchev–Trinajstić information content (AvgIpc) is 2.92. The van der Waals surface area contributed by atoms with E-state index in [2.05, 4.69) is 4.98 Å². The molecule has 22 heavy (non-hydrogen) atoms. The number of aromatic nitrogens is 1. The average molecular weight is 336 g/mol. The van der Waals surface area contributed by atoms with Crippen LogP contribution < -0.4 is 4.74 Å². The second-order valence-corrected chi connectivity index (χ2v) is 5.42. The highest BCUT2D eigenvalue weighted by Crippen LogP contribution is 2.36. The fraction of sp³-hybridized carbons (Fsp3) is 0.0625. The van der Waals surface area contributed by atoms with E-state index in [1.54, 1.807) is 30.3 Å². The number of nitrogens with one attached hydrogen (secondary N) is 1. The quantitative estimate of drug-likeness (QED) is 0.681. The molecule has 0 unspecified atom stereocenters. The molecule has 0 spiro atoms. The predicted molar refractivity (Wildman–Crippen MR) is 86.2 cm³/mol. The molecule has 0 aliphatic rings. The van der Waals surface area contributed by atoms with Crippen molar-refractivity contribution in [2.45, 2.75) is 0 Å². The van der Waals surface area contributed by atoms with E-state index in [1.165, 1.54) is 7.11 Å². The summed E-state index contributed by atoms with van der Waals surface area (Å²) in [7, 11) is 1.32. The summed E-state index contributed by atoms with van der Waals surface area (Å²) >= 11 is 12.2. The van der Waals surface area contributed by atoms with Crippen LogP contribution in [0.15, 0.2) is 42.5 Å². The van der Waals surface area contributed by atoms with Gasteiger partial charge in [-0.25, -0.2) is 4.79 Å². The zero-order valence-electron chi connectivity index (χ0n) is 11.5. The van der Waals surface area contributed by atoms with Crippen LogP contribution in [0.2, 0.25) is 10.0 Å². The van der Waals surface area contributed by atoms with Crippen molar-refractivity contribution in [1.82, 2.24) is 4.98 Å². The Balaban J connectivity index is 2.10. The highest BCUT2D eigenvalue weighted by molar-refractivity contribution is 6.32. The molecule has 0 saturated carbocycles. The molecule has 0 bridgehead atoms. The molecule has 1 heterocycles. The van der Waals surface area contributed by atoms with Gasteiger partial charge in [-0.05, 0) is 24.3 Å². The number of benzene rings is 2. The number of ether oxygens (including phenoxy) is 2. The van der Waals surface area contributed by atoms with Gasteiger partial charge in [-0.2, -0.15) is 0 Å². The van der Waals surface area contributed by atoms with E-state index in [-0.39, 0.29) is 0 Å². The molecule has 1 N–H and O–H groups in total. The van der Waals surface area contributed by atoms with Crippen LogP contribution in [0, 0.1) is 0 Å². The maximum absolute atomic E-state index is 11.6. The summed E-state index contributed by atoms with van der Waals surface area (Å²) in [4.78, 5) is 14.6. The van der Waals surface area contributed by atoms with E-state index in [4.69, 9.17) is 32.7 Å². The summed E-state index contributed by atoms with van der Waals surface area (Å²) in [6, 6.07) is 12.2. The Kier molecular flexibility index (Phi) is 3.96. The van der Waals surface area contributed by atoms with Crippen LogP contribution in [0.4, 0.5) is 0 Å². The molecule has 0 saturated heterocycles. The maximum Gasteiger partial charge on any atom is 0.354 e. The number of hydrogen-bond acceptors (Lipinski definition) is 3. The summed E-state index contributed by atoms with van der Waals surface area (Å²) in [6.07, 6.45) is 0. The number of para-hydroxylation sites is 1. The first kappa shape index (κ1) is 14.8. The third-order valence-electron chi connectivity index (χ3n) is 3.13. The summed E-state index contributed by atoms with van der Waals surface area (Å²) in [5, 5.41) is 1.68. The molecule has 0 aliphatic carbocycles. The van der Waals surface area contributed by atoms with Gasteiger partial charge >= 0.3 is 5.97 Å². The molecule has 4 nitrogen and oxygen atoms in total. The SMILES string of the molecule is COC(=O)c1cc2c(Oc3ccccc3Cl)cc(Cl)cc2[nH]1. The van der Waals surface area contributed by atoms with E-state index in [0.717, 1.165) is 0 Å². The number of hydrogen-bond donors (Lipinski definition) is 1. The Morgan fingerprint density at radius 2 is 1.86 bits per heavy atom. The predicted octanol–water partition coefficient (Wildman–Crippen LogP) is 5.05. The normalized spacial score (nSPS) is 10.7. The van der Waals surface area contributed by atoms with Crippen molar-refractivity contribution in [3.8, 4) is 11.5 Å². The minimum atomic E-state index is -0.462. The molecule has 3 rings (SSSR count). The van der Waals surface area contributed by atoms with E-state index < -0.39 is 5.97 Å². The van der Waals surface area contributed by atoms with Gasteiger partial charge < -0.3 is 14.5 Å². The third kappa shape index (κ3) is 2.75. The largest absolute Gasteiger partial charge is 0.464 e. The molecular formula is C16H11Cl2NO3. The number of rotatable bonds is 3. The summed E-state index contributed by atoms with van der Waals surface area (Å²) in [5.41, 5.74) is 0.999. The first-order valence-corrected chi connectivity index (χ1v) is 7.17. The van der Waals surface area contributed by atoms with Gasteiger partial charge in [0, 0.05) is 16.5 Å². The van der Waals surface area contributed by atoms with Gasteiger partial charge in [0.1, 0.15) is 17.2 Å². The molecule has 0 aliphatic heterocycles. The van der Waals surface area contributed by atoms with Crippen molar-refractivity contribution in [2.75, 3.05) is 7.11 Å². The highest BCUT2D eigenvalue weighted by atomic mass is 35.5. The van der Waals surface area contributed by atoms with Crippen LogP contribution in [0.25, 0.3) is 10.9 Å². The number of carbonyl (C=O) groups is 1. The Morgan fingerprint density at radius 3 is 2.59 bits per heavy atom. The van der Waals surface area contributed by atoms with E-state index in [0.29, 0.717) is 38.1 Å². The fourth-order valence-electron chi connectivity index (χ4n) is 2.12. The molecule has 0 fully saturated rings. The lowest BCUT2D eigenvalue weighted by molar-refractivity contribution is 0.0595. The van der Waals surface area contributed by atoms with Crippen molar-refractivity contribution in [1.29, 1.82) is 0 Å². The molecule has 0 amide bonds. The lowest BCUT2D eigenvalue weighted by Gasteiger charge is -2.09. The number of fused-ring (bicyclic) bond motifs is 1. The van der Waals surface area contributed by atoms with Gasteiger partial charge in [-0.1, -0.05) is 35.3 Å². The van der Waals surface area contributed by atoms with Crippen molar-refractivity contribution < 1.29 is 14.3 Å². The first-order valence-electron chi connectivity index (χ1n) is 6.41. The molecule has 2 aromatic carbocycles. The van der Waals surface area contributed by atoms with Gasteiger partial charge in [0.05, 0.1) is 17.6 Å². The Bertz CT molecular complexity index is 858. The van der Waals surface area contributed by atoms with Crippen LogP contribution in [0.3, 0.4) is 0 Å². The summed E-state index contributed by atoms with van der Waals surface area (Å²) in [5.74, 6) is 0.548.